The smallest absolute Gasteiger partial charge is 0.126 e. The molecule has 0 bridgehead atoms. The van der Waals surface area contributed by atoms with Gasteiger partial charge in [-0.3, -0.25) is 0 Å². The molecule has 0 aliphatic heterocycles. The molecule has 0 unspecified atom stereocenters. The quantitative estimate of drug-likeness (QED) is 0.593. The number of aryl methyl sites for hydroxylation is 1. The zero-order valence-electron chi connectivity index (χ0n) is 14.3. The SMILES string of the molecule is COc1cc(/C=C/c2cccc(C)c2)cc(O)c1CC=C(C)C. The first-order valence-electron chi connectivity index (χ1n) is 7.77. The standard InChI is InChI=1S/C21H24O2/c1-15(2)8-11-19-20(22)13-18(14-21(19)23-4)10-9-17-7-5-6-16(3)12-17/h5-10,12-14,22H,11H2,1-4H3/b10-9+. The van der Waals surface area contributed by atoms with E-state index in [1.54, 1.807) is 13.2 Å². The minimum atomic E-state index is 0.269. The van der Waals surface area contributed by atoms with Gasteiger partial charge in [0.05, 0.1) is 7.11 Å². The Bertz CT molecular complexity index is 736. The average Bonchev–Trinajstić information content (AvgIpc) is 2.51. The topological polar surface area (TPSA) is 29.5 Å². The second-order valence-electron chi connectivity index (χ2n) is 5.95. The molecule has 0 saturated carbocycles. The van der Waals surface area contributed by atoms with Gasteiger partial charge in [0.15, 0.2) is 0 Å². The molecule has 0 aliphatic carbocycles. The maximum atomic E-state index is 10.3. The summed E-state index contributed by atoms with van der Waals surface area (Å²) >= 11 is 0. The molecule has 0 heterocycles. The molecule has 0 amide bonds. The molecule has 120 valence electrons. The zero-order valence-corrected chi connectivity index (χ0v) is 14.3. The highest BCUT2D eigenvalue weighted by Gasteiger charge is 2.09. The molecule has 0 fully saturated rings. The van der Waals surface area contributed by atoms with Gasteiger partial charge in [0.25, 0.3) is 0 Å². The fourth-order valence-corrected chi connectivity index (χ4v) is 2.41. The summed E-state index contributed by atoms with van der Waals surface area (Å²) in [5.74, 6) is 0.983. The maximum Gasteiger partial charge on any atom is 0.126 e. The molecule has 2 rings (SSSR count). The van der Waals surface area contributed by atoms with Gasteiger partial charge in [-0.25, -0.2) is 0 Å². The first-order valence-corrected chi connectivity index (χ1v) is 7.77. The molecule has 2 heteroatoms. The Morgan fingerprint density at radius 2 is 1.83 bits per heavy atom. The molecular formula is C21H24O2. The van der Waals surface area contributed by atoms with Crippen LogP contribution >= 0.6 is 0 Å². The van der Waals surface area contributed by atoms with E-state index in [2.05, 4.69) is 31.2 Å². The van der Waals surface area contributed by atoms with Crippen LogP contribution in [-0.4, -0.2) is 12.2 Å². The summed E-state index contributed by atoms with van der Waals surface area (Å²) in [6.45, 7) is 6.16. The third-order valence-corrected chi connectivity index (χ3v) is 3.65. The maximum absolute atomic E-state index is 10.3. The Morgan fingerprint density at radius 1 is 1.09 bits per heavy atom. The first kappa shape index (κ1) is 16.9. The summed E-state index contributed by atoms with van der Waals surface area (Å²) in [6.07, 6.45) is 6.78. The zero-order chi connectivity index (χ0) is 16.8. The Balaban J connectivity index is 2.30. The molecule has 0 radical (unpaired) electrons. The van der Waals surface area contributed by atoms with Gasteiger partial charge in [-0.2, -0.15) is 0 Å². The Kier molecular flexibility index (Phi) is 5.64. The summed E-state index contributed by atoms with van der Waals surface area (Å²) < 4.78 is 5.45. The van der Waals surface area contributed by atoms with Crippen molar-refractivity contribution in [1.29, 1.82) is 0 Å². The van der Waals surface area contributed by atoms with Gasteiger partial charge in [0.2, 0.25) is 0 Å². The van der Waals surface area contributed by atoms with Crippen LogP contribution in [-0.2, 0) is 6.42 Å². The van der Waals surface area contributed by atoms with Gasteiger partial charge in [0.1, 0.15) is 11.5 Å². The third-order valence-electron chi connectivity index (χ3n) is 3.65. The molecule has 0 saturated heterocycles. The van der Waals surface area contributed by atoms with Gasteiger partial charge in [0, 0.05) is 5.56 Å². The van der Waals surface area contributed by atoms with E-state index in [0.29, 0.717) is 12.2 Å². The fourth-order valence-electron chi connectivity index (χ4n) is 2.41. The van der Waals surface area contributed by atoms with Gasteiger partial charge in [-0.15, -0.1) is 0 Å². The van der Waals surface area contributed by atoms with Crippen LogP contribution in [0.15, 0.2) is 48.0 Å². The van der Waals surface area contributed by atoms with Crippen molar-refractivity contribution >= 4 is 12.2 Å². The predicted octanol–water partition coefficient (Wildman–Crippen LogP) is 5.39. The molecular weight excluding hydrogens is 284 g/mol. The highest BCUT2D eigenvalue weighted by Crippen LogP contribution is 2.31. The van der Waals surface area contributed by atoms with Gasteiger partial charge in [-0.05, 0) is 50.5 Å². The number of aromatic hydroxyl groups is 1. The van der Waals surface area contributed by atoms with E-state index >= 15 is 0 Å². The first-order chi connectivity index (χ1) is 11.0. The summed E-state index contributed by atoms with van der Waals surface area (Å²) in [4.78, 5) is 0. The van der Waals surface area contributed by atoms with Crippen LogP contribution in [0, 0.1) is 6.92 Å². The number of allylic oxidation sites excluding steroid dienone is 2. The summed E-state index contributed by atoms with van der Waals surface area (Å²) in [6, 6.07) is 12.0. The van der Waals surface area contributed by atoms with Crippen molar-refractivity contribution in [3.8, 4) is 11.5 Å². The minimum absolute atomic E-state index is 0.269. The van der Waals surface area contributed by atoms with E-state index in [0.717, 1.165) is 16.7 Å². The van der Waals surface area contributed by atoms with Crippen molar-refractivity contribution in [1.82, 2.24) is 0 Å². The monoisotopic (exact) mass is 308 g/mol. The van der Waals surface area contributed by atoms with Crippen LogP contribution in [0.5, 0.6) is 11.5 Å². The summed E-state index contributed by atoms with van der Waals surface area (Å²) in [7, 11) is 1.63. The van der Waals surface area contributed by atoms with Gasteiger partial charge in [-0.1, -0.05) is 53.6 Å². The number of benzene rings is 2. The number of methoxy groups -OCH3 is 1. The summed E-state index contributed by atoms with van der Waals surface area (Å²) in [5, 5.41) is 10.3. The lowest BCUT2D eigenvalue weighted by atomic mass is 10.0. The van der Waals surface area contributed by atoms with Crippen molar-refractivity contribution in [2.45, 2.75) is 27.2 Å². The Labute approximate surface area is 138 Å². The van der Waals surface area contributed by atoms with Crippen molar-refractivity contribution in [2.24, 2.45) is 0 Å². The molecule has 0 aliphatic rings. The van der Waals surface area contributed by atoms with Crippen molar-refractivity contribution in [3.05, 3.63) is 70.3 Å². The van der Waals surface area contributed by atoms with Crippen molar-refractivity contribution in [2.75, 3.05) is 7.11 Å². The largest absolute Gasteiger partial charge is 0.507 e. The van der Waals surface area contributed by atoms with Crippen LogP contribution in [0.2, 0.25) is 0 Å². The van der Waals surface area contributed by atoms with Crippen molar-refractivity contribution < 1.29 is 9.84 Å². The number of phenolic OH excluding ortho intramolecular Hbond substituents is 1. The van der Waals surface area contributed by atoms with Gasteiger partial charge >= 0.3 is 0 Å². The van der Waals surface area contributed by atoms with E-state index in [1.807, 2.05) is 38.1 Å². The molecule has 2 aromatic rings. The van der Waals surface area contributed by atoms with E-state index in [4.69, 9.17) is 4.74 Å². The Hall–Kier alpha value is -2.48. The Morgan fingerprint density at radius 3 is 2.48 bits per heavy atom. The van der Waals surface area contributed by atoms with Gasteiger partial charge < -0.3 is 9.84 Å². The minimum Gasteiger partial charge on any atom is -0.507 e. The van der Waals surface area contributed by atoms with E-state index < -0.39 is 0 Å². The number of rotatable bonds is 5. The van der Waals surface area contributed by atoms with Crippen LogP contribution in [0.3, 0.4) is 0 Å². The van der Waals surface area contributed by atoms with Crippen LogP contribution in [0.4, 0.5) is 0 Å². The van der Waals surface area contributed by atoms with Crippen LogP contribution in [0.25, 0.3) is 12.2 Å². The molecule has 23 heavy (non-hydrogen) atoms. The number of ether oxygens (including phenoxy) is 1. The number of hydrogen-bond acceptors (Lipinski definition) is 2. The van der Waals surface area contributed by atoms with Crippen molar-refractivity contribution in [3.63, 3.8) is 0 Å². The molecule has 0 aromatic heterocycles. The van der Waals surface area contributed by atoms with E-state index in [-0.39, 0.29) is 5.75 Å². The number of hydrogen-bond donors (Lipinski definition) is 1. The molecule has 2 nitrogen and oxygen atoms in total. The fraction of sp³-hybridized carbons (Fsp3) is 0.238. The lowest BCUT2D eigenvalue weighted by Crippen LogP contribution is -1.93. The molecule has 1 N–H and O–H groups in total. The highest BCUT2D eigenvalue weighted by atomic mass is 16.5. The van der Waals surface area contributed by atoms with Crippen LogP contribution < -0.4 is 4.74 Å². The number of phenols is 1. The van der Waals surface area contributed by atoms with E-state index in [9.17, 15) is 5.11 Å². The molecule has 0 atom stereocenters. The second kappa shape index (κ2) is 7.68. The van der Waals surface area contributed by atoms with E-state index in [1.165, 1.54) is 11.1 Å². The normalized spacial score (nSPS) is 10.8. The second-order valence-corrected chi connectivity index (χ2v) is 5.95. The lowest BCUT2D eigenvalue weighted by Gasteiger charge is -2.11. The molecule has 0 spiro atoms. The average molecular weight is 308 g/mol. The predicted molar refractivity (Wildman–Crippen MR) is 97.9 cm³/mol. The summed E-state index contributed by atoms with van der Waals surface area (Å²) in [5.41, 5.74) is 5.32. The molecule has 2 aromatic carbocycles. The lowest BCUT2D eigenvalue weighted by molar-refractivity contribution is 0.401. The highest BCUT2D eigenvalue weighted by molar-refractivity contribution is 5.72. The van der Waals surface area contributed by atoms with Crippen LogP contribution in [0.1, 0.15) is 36.1 Å². The third kappa shape index (κ3) is 4.75.